The highest BCUT2D eigenvalue weighted by Crippen LogP contribution is 2.30. The van der Waals surface area contributed by atoms with Crippen molar-refractivity contribution in [3.8, 4) is 0 Å². The molecule has 3 nitrogen and oxygen atoms in total. The molecule has 0 bridgehead atoms. The van der Waals surface area contributed by atoms with Crippen molar-refractivity contribution in [2.45, 2.75) is 31.9 Å². The van der Waals surface area contributed by atoms with Gasteiger partial charge < -0.3 is 10.0 Å². The molecule has 2 aliphatic rings. The minimum absolute atomic E-state index is 0.0992. The highest BCUT2D eigenvalue weighted by atomic mass is 19.1. The van der Waals surface area contributed by atoms with Crippen LogP contribution >= 0.6 is 0 Å². The summed E-state index contributed by atoms with van der Waals surface area (Å²) in [6.45, 7) is 4.03. The molecule has 1 atom stereocenters. The van der Waals surface area contributed by atoms with E-state index in [0.717, 1.165) is 19.5 Å². The average molecular weight is 264 g/mol. The maximum atomic E-state index is 14.0. The van der Waals surface area contributed by atoms with Crippen molar-refractivity contribution in [2.24, 2.45) is 0 Å². The predicted octanol–water partition coefficient (Wildman–Crippen LogP) is 1.99. The van der Waals surface area contributed by atoms with Crippen LogP contribution in [-0.4, -0.2) is 42.2 Å². The number of rotatable bonds is 3. The first kappa shape index (κ1) is 12.9. The van der Waals surface area contributed by atoms with Crippen LogP contribution in [0.3, 0.4) is 0 Å². The quantitative estimate of drug-likeness (QED) is 0.904. The molecule has 2 heterocycles. The molecule has 2 saturated heterocycles. The van der Waals surface area contributed by atoms with Crippen LogP contribution in [0.2, 0.25) is 0 Å². The van der Waals surface area contributed by atoms with Crippen LogP contribution in [0.5, 0.6) is 0 Å². The summed E-state index contributed by atoms with van der Waals surface area (Å²) >= 11 is 0. The standard InChI is InChI=1S/C15H21FN2O/c16-14-5-3-4-12(11-19)15(14)18-9-6-13(10-18)17-7-1-2-8-17/h3-5,13,19H,1-2,6-11H2. The van der Waals surface area contributed by atoms with Gasteiger partial charge in [-0.15, -0.1) is 0 Å². The van der Waals surface area contributed by atoms with E-state index < -0.39 is 0 Å². The van der Waals surface area contributed by atoms with Crippen molar-refractivity contribution < 1.29 is 9.50 Å². The Hall–Kier alpha value is -1.13. The Kier molecular flexibility index (Phi) is 3.71. The smallest absolute Gasteiger partial charge is 0.146 e. The lowest BCUT2D eigenvalue weighted by Gasteiger charge is -2.25. The van der Waals surface area contributed by atoms with Crippen molar-refractivity contribution in [1.29, 1.82) is 0 Å². The zero-order valence-electron chi connectivity index (χ0n) is 11.2. The number of hydrogen-bond donors (Lipinski definition) is 1. The van der Waals surface area contributed by atoms with E-state index in [2.05, 4.69) is 9.80 Å². The van der Waals surface area contributed by atoms with E-state index in [0.29, 0.717) is 17.3 Å². The molecule has 0 spiro atoms. The first-order chi connectivity index (χ1) is 9.29. The highest BCUT2D eigenvalue weighted by molar-refractivity contribution is 5.55. The molecular formula is C15H21FN2O. The number of aliphatic hydroxyl groups is 1. The minimum atomic E-state index is -0.214. The van der Waals surface area contributed by atoms with Crippen molar-refractivity contribution in [1.82, 2.24) is 4.90 Å². The van der Waals surface area contributed by atoms with Crippen molar-refractivity contribution in [2.75, 3.05) is 31.1 Å². The zero-order chi connectivity index (χ0) is 13.2. The Balaban J connectivity index is 1.77. The van der Waals surface area contributed by atoms with Gasteiger partial charge in [0.1, 0.15) is 5.82 Å². The van der Waals surface area contributed by atoms with Gasteiger partial charge in [-0.2, -0.15) is 0 Å². The summed E-state index contributed by atoms with van der Waals surface area (Å²) in [6.07, 6.45) is 3.68. The van der Waals surface area contributed by atoms with E-state index >= 15 is 0 Å². The second-order valence-corrected chi connectivity index (χ2v) is 5.54. The maximum Gasteiger partial charge on any atom is 0.146 e. The van der Waals surface area contributed by atoms with E-state index in [4.69, 9.17) is 0 Å². The van der Waals surface area contributed by atoms with Crippen molar-refractivity contribution in [3.05, 3.63) is 29.6 Å². The van der Waals surface area contributed by atoms with Gasteiger partial charge in [0.15, 0.2) is 0 Å². The first-order valence-electron chi connectivity index (χ1n) is 7.17. The maximum absolute atomic E-state index is 14.0. The molecule has 1 N–H and O–H groups in total. The van der Waals surface area contributed by atoms with E-state index in [9.17, 15) is 9.50 Å². The fourth-order valence-corrected chi connectivity index (χ4v) is 3.39. The molecule has 0 saturated carbocycles. The van der Waals surface area contributed by atoms with E-state index in [1.807, 2.05) is 6.07 Å². The summed E-state index contributed by atoms with van der Waals surface area (Å²) in [6, 6.07) is 5.51. The third-order valence-electron chi connectivity index (χ3n) is 4.38. The van der Waals surface area contributed by atoms with Crippen LogP contribution in [-0.2, 0) is 6.61 Å². The fraction of sp³-hybridized carbons (Fsp3) is 0.600. The number of anilines is 1. The normalized spacial score (nSPS) is 24.3. The molecule has 4 heteroatoms. The molecule has 0 aliphatic carbocycles. The van der Waals surface area contributed by atoms with Gasteiger partial charge in [-0.1, -0.05) is 12.1 Å². The van der Waals surface area contributed by atoms with Crippen LogP contribution < -0.4 is 4.90 Å². The van der Waals surface area contributed by atoms with Gasteiger partial charge in [-0.05, 0) is 38.4 Å². The Morgan fingerprint density at radius 1 is 1.21 bits per heavy atom. The third kappa shape index (κ3) is 2.47. The molecule has 1 aromatic rings. The number of benzene rings is 1. The summed E-state index contributed by atoms with van der Waals surface area (Å²) in [7, 11) is 0. The second-order valence-electron chi connectivity index (χ2n) is 5.54. The van der Waals surface area contributed by atoms with Gasteiger partial charge in [-0.3, -0.25) is 4.90 Å². The molecule has 1 aromatic carbocycles. The van der Waals surface area contributed by atoms with Crippen LogP contribution in [0, 0.1) is 5.82 Å². The fourth-order valence-electron chi connectivity index (χ4n) is 3.39. The largest absolute Gasteiger partial charge is 0.392 e. The van der Waals surface area contributed by atoms with E-state index in [1.165, 1.54) is 32.0 Å². The molecule has 3 rings (SSSR count). The lowest BCUT2D eigenvalue weighted by Crippen LogP contribution is -2.35. The van der Waals surface area contributed by atoms with E-state index in [1.54, 1.807) is 6.07 Å². The Labute approximate surface area is 113 Å². The summed E-state index contributed by atoms with van der Waals surface area (Å²) in [5, 5.41) is 9.38. The minimum Gasteiger partial charge on any atom is -0.392 e. The van der Waals surface area contributed by atoms with Gasteiger partial charge >= 0.3 is 0 Å². The van der Waals surface area contributed by atoms with Gasteiger partial charge in [-0.25, -0.2) is 4.39 Å². The first-order valence-corrected chi connectivity index (χ1v) is 7.17. The SMILES string of the molecule is OCc1cccc(F)c1N1CCC(N2CCCC2)C1. The molecule has 2 aliphatic heterocycles. The van der Waals surface area contributed by atoms with Gasteiger partial charge in [0.2, 0.25) is 0 Å². The Morgan fingerprint density at radius 2 is 2.00 bits per heavy atom. The lowest BCUT2D eigenvalue weighted by atomic mass is 10.1. The van der Waals surface area contributed by atoms with Crippen molar-refractivity contribution >= 4 is 5.69 Å². The zero-order valence-corrected chi connectivity index (χ0v) is 11.2. The number of hydrogen-bond acceptors (Lipinski definition) is 3. The molecule has 0 radical (unpaired) electrons. The number of likely N-dealkylation sites (tertiary alicyclic amines) is 1. The van der Waals surface area contributed by atoms with Crippen LogP contribution in [0.4, 0.5) is 10.1 Å². The Bertz CT molecular complexity index is 446. The van der Waals surface area contributed by atoms with Crippen LogP contribution in [0.1, 0.15) is 24.8 Å². The topological polar surface area (TPSA) is 26.7 Å². The number of para-hydroxylation sites is 1. The van der Waals surface area contributed by atoms with Gasteiger partial charge in [0, 0.05) is 24.7 Å². The molecule has 2 fully saturated rings. The summed E-state index contributed by atoms with van der Waals surface area (Å²) in [5.41, 5.74) is 1.30. The molecule has 0 aromatic heterocycles. The lowest BCUT2D eigenvalue weighted by molar-refractivity contribution is 0.260. The monoisotopic (exact) mass is 264 g/mol. The molecule has 19 heavy (non-hydrogen) atoms. The van der Waals surface area contributed by atoms with Crippen molar-refractivity contribution in [3.63, 3.8) is 0 Å². The highest BCUT2D eigenvalue weighted by Gasteiger charge is 2.31. The molecule has 0 amide bonds. The van der Waals surface area contributed by atoms with Crippen LogP contribution in [0.15, 0.2) is 18.2 Å². The second kappa shape index (κ2) is 5.47. The predicted molar refractivity (Wildman–Crippen MR) is 73.7 cm³/mol. The summed E-state index contributed by atoms with van der Waals surface area (Å²) < 4.78 is 14.0. The number of nitrogens with zero attached hydrogens (tertiary/aromatic N) is 2. The summed E-state index contributed by atoms with van der Waals surface area (Å²) in [4.78, 5) is 4.63. The number of halogens is 1. The van der Waals surface area contributed by atoms with Crippen LogP contribution in [0.25, 0.3) is 0 Å². The number of aliphatic hydroxyl groups excluding tert-OH is 1. The molecule has 104 valence electrons. The van der Waals surface area contributed by atoms with Gasteiger partial charge in [0.25, 0.3) is 0 Å². The molecule has 1 unspecified atom stereocenters. The Morgan fingerprint density at radius 3 is 2.74 bits per heavy atom. The van der Waals surface area contributed by atoms with E-state index in [-0.39, 0.29) is 12.4 Å². The molecular weight excluding hydrogens is 243 g/mol. The summed E-state index contributed by atoms with van der Waals surface area (Å²) in [5.74, 6) is -0.214. The third-order valence-corrected chi connectivity index (χ3v) is 4.38. The van der Waals surface area contributed by atoms with Gasteiger partial charge in [0.05, 0.1) is 12.3 Å². The average Bonchev–Trinajstić information content (AvgIpc) is 3.08.